The van der Waals surface area contributed by atoms with Crippen LogP contribution in [0.5, 0.6) is 5.75 Å². The topological polar surface area (TPSA) is 59.6 Å². The lowest BCUT2D eigenvalue weighted by atomic mass is 10.2. The average Bonchev–Trinajstić information content (AvgIpc) is 2.41. The molecular weight excluding hydrogens is 258 g/mol. The number of amides is 1. The quantitative estimate of drug-likeness (QED) is 0.865. The van der Waals surface area contributed by atoms with E-state index in [-0.39, 0.29) is 24.0 Å². The van der Waals surface area contributed by atoms with Crippen molar-refractivity contribution < 1.29 is 23.0 Å². The van der Waals surface area contributed by atoms with Crippen LogP contribution in [0.3, 0.4) is 0 Å². The maximum absolute atomic E-state index is 12.2. The lowest BCUT2D eigenvalue weighted by Crippen LogP contribution is -2.48. The molecule has 1 heterocycles. The maximum atomic E-state index is 12.2. The van der Waals surface area contributed by atoms with E-state index in [4.69, 9.17) is 4.74 Å². The second-order valence-corrected chi connectivity index (χ2v) is 3.95. The molecule has 0 spiro atoms. The third-order valence-electron chi connectivity index (χ3n) is 2.60. The minimum Gasteiger partial charge on any atom is -0.433 e. The monoisotopic (exact) mass is 272 g/mol. The molecule has 1 aromatic carbocycles. The van der Waals surface area contributed by atoms with Crippen LogP contribution in [0.4, 0.5) is 14.5 Å². The number of morpholine rings is 1. The second-order valence-electron chi connectivity index (χ2n) is 3.95. The molecule has 2 rings (SSSR count). The van der Waals surface area contributed by atoms with Gasteiger partial charge in [-0.3, -0.25) is 4.79 Å². The third-order valence-corrected chi connectivity index (χ3v) is 2.60. The van der Waals surface area contributed by atoms with Crippen LogP contribution in [0.2, 0.25) is 0 Å². The van der Waals surface area contributed by atoms with Gasteiger partial charge in [0, 0.05) is 6.54 Å². The van der Waals surface area contributed by atoms with Gasteiger partial charge in [0.15, 0.2) is 0 Å². The zero-order valence-corrected chi connectivity index (χ0v) is 10.1. The molecule has 19 heavy (non-hydrogen) atoms. The first-order chi connectivity index (χ1) is 9.16. The van der Waals surface area contributed by atoms with Crippen LogP contribution < -0.4 is 15.4 Å². The Morgan fingerprint density at radius 3 is 2.95 bits per heavy atom. The van der Waals surface area contributed by atoms with Crippen molar-refractivity contribution in [3.05, 3.63) is 24.3 Å². The molecule has 0 saturated carbocycles. The van der Waals surface area contributed by atoms with Gasteiger partial charge in [-0.1, -0.05) is 12.1 Å². The SMILES string of the molecule is O=C(Nc1ccccc1OC(F)F)C1COCCN1. The molecule has 0 aliphatic carbocycles. The van der Waals surface area contributed by atoms with Crippen molar-refractivity contribution in [3.8, 4) is 5.75 Å². The third kappa shape index (κ3) is 3.87. The fraction of sp³-hybridized carbons (Fsp3) is 0.417. The van der Waals surface area contributed by atoms with E-state index in [1.54, 1.807) is 12.1 Å². The number of nitrogens with one attached hydrogen (secondary N) is 2. The molecule has 1 fully saturated rings. The molecular formula is C12H14F2N2O3. The largest absolute Gasteiger partial charge is 0.433 e. The number of carbonyl (C=O) groups is 1. The fourth-order valence-corrected chi connectivity index (χ4v) is 1.72. The Hall–Kier alpha value is -1.73. The van der Waals surface area contributed by atoms with Crippen molar-refractivity contribution in [2.24, 2.45) is 0 Å². The molecule has 0 aromatic heterocycles. The second kappa shape index (κ2) is 6.44. The van der Waals surface area contributed by atoms with Crippen molar-refractivity contribution in [2.75, 3.05) is 25.1 Å². The number of carbonyl (C=O) groups excluding carboxylic acids is 1. The van der Waals surface area contributed by atoms with Crippen LogP contribution in [-0.4, -0.2) is 38.3 Å². The molecule has 1 aliphatic rings. The summed E-state index contributed by atoms with van der Waals surface area (Å²) in [6.45, 7) is -1.56. The first-order valence-corrected chi connectivity index (χ1v) is 5.82. The first-order valence-electron chi connectivity index (χ1n) is 5.82. The summed E-state index contributed by atoms with van der Waals surface area (Å²) in [6, 6.07) is 5.55. The maximum Gasteiger partial charge on any atom is 0.387 e. The number of halogens is 2. The number of ether oxygens (including phenoxy) is 2. The van der Waals surface area contributed by atoms with Crippen LogP contribution in [0.15, 0.2) is 24.3 Å². The van der Waals surface area contributed by atoms with Gasteiger partial charge in [0.25, 0.3) is 0 Å². The van der Waals surface area contributed by atoms with E-state index in [0.29, 0.717) is 13.2 Å². The van der Waals surface area contributed by atoms with Gasteiger partial charge in [-0.25, -0.2) is 0 Å². The summed E-state index contributed by atoms with van der Waals surface area (Å²) in [5.74, 6) is -0.410. The Balaban J connectivity index is 2.03. The molecule has 0 bridgehead atoms. The summed E-state index contributed by atoms with van der Waals surface area (Å²) in [5, 5.41) is 5.52. The number of benzene rings is 1. The Morgan fingerprint density at radius 2 is 2.26 bits per heavy atom. The highest BCUT2D eigenvalue weighted by Crippen LogP contribution is 2.25. The Kier molecular flexibility index (Phi) is 4.64. The van der Waals surface area contributed by atoms with Crippen molar-refractivity contribution in [3.63, 3.8) is 0 Å². The highest BCUT2D eigenvalue weighted by atomic mass is 19.3. The van der Waals surface area contributed by atoms with Crippen LogP contribution in [0.1, 0.15) is 0 Å². The van der Waals surface area contributed by atoms with Gasteiger partial charge in [-0.15, -0.1) is 0 Å². The van der Waals surface area contributed by atoms with Crippen LogP contribution >= 0.6 is 0 Å². The molecule has 1 aromatic rings. The zero-order chi connectivity index (χ0) is 13.7. The molecule has 5 nitrogen and oxygen atoms in total. The van der Waals surface area contributed by atoms with E-state index in [2.05, 4.69) is 15.4 Å². The van der Waals surface area contributed by atoms with Gasteiger partial charge in [0.2, 0.25) is 5.91 Å². The number of para-hydroxylation sites is 2. The molecule has 1 aliphatic heterocycles. The number of anilines is 1. The van der Waals surface area contributed by atoms with E-state index in [9.17, 15) is 13.6 Å². The van der Waals surface area contributed by atoms with E-state index >= 15 is 0 Å². The van der Waals surface area contributed by atoms with Gasteiger partial charge in [-0.05, 0) is 12.1 Å². The standard InChI is InChI=1S/C12H14F2N2O3/c13-12(14)19-10-4-2-1-3-8(10)16-11(17)9-7-18-6-5-15-9/h1-4,9,12,15H,5-7H2,(H,16,17). The van der Waals surface area contributed by atoms with Crippen LogP contribution in [0.25, 0.3) is 0 Å². The zero-order valence-electron chi connectivity index (χ0n) is 10.1. The lowest BCUT2D eigenvalue weighted by molar-refractivity contribution is -0.120. The van der Waals surface area contributed by atoms with Gasteiger partial charge in [-0.2, -0.15) is 8.78 Å². The Morgan fingerprint density at radius 1 is 1.47 bits per heavy atom. The van der Waals surface area contributed by atoms with Crippen molar-refractivity contribution in [1.29, 1.82) is 0 Å². The molecule has 2 N–H and O–H groups in total. The molecule has 1 unspecified atom stereocenters. The molecule has 1 atom stereocenters. The highest BCUT2D eigenvalue weighted by Gasteiger charge is 2.22. The first kappa shape index (κ1) is 13.7. The van der Waals surface area contributed by atoms with Crippen molar-refractivity contribution >= 4 is 11.6 Å². The highest BCUT2D eigenvalue weighted by molar-refractivity contribution is 5.96. The number of hydrogen-bond donors (Lipinski definition) is 2. The lowest BCUT2D eigenvalue weighted by Gasteiger charge is -2.23. The number of rotatable bonds is 4. The normalized spacial score (nSPS) is 19.2. The van der Waals surface area contributed by atoms with Gasteiger partial charge in [0.05, 0.1) is 18.9 Å². The average molecular weight is 272 g/mol. The van der Waals surface area contributed by atoms with Crippen LogP contribution in [0, 0.1) is 0 Å². The van der Waals surface area contributed by atoms with Crippen molar-refractivity contribution in [1.82, 2.24) is 5.32 Å². The van der Waals surface area contributed by atoms with Gasteiger partial charge >= 0.3 is 6.61 Å². The van der Waals surface area contributed by atoms with E-state index in [0.717, 1.165) is 0 Å². The van der Waals surface area contributed by atoms with Crippen LogP contribution in [-0.2, 0) is 9.53 Å². The predicted octanol–water partition coefficient (Wildman–Crippen LogP) is 1.21. The summed E-state index contributed by atoms with van der Waals surface area (Å²) in [4.78, 5) is 11.9. The Bertz CT molecular complexity index is 437. The minimum absolute atomic E-state index is 0.0671. The summed E-state index contributed by atoms with van der Waals surface area (Å²) < 4.78 is 33.9. The summed E-state index contributed by atoms with van der Waals surface area (Å²) >= 11 is 0. The minimum atomic E-state index is -2.94. The van der Waals surface area contributed by atoms with E-state index in [1.165, 1.54) is 12.1 Å². The Labute approximate surface area is 108 Å². The van der Waals surface area contributed by atoms with Gasteiger partial charge < -0.3 is 20.1 Å². The molecule has 1 saturated heterocycles. The summed E-state index contributed by atoms with van der Waals surface area (Å²) in [7, 11) is 0. The van der Waals surface area contributed by atoms with E-state index < -0.39 is 12.7 Å². The van der Waals surface area contributed by atoms with Gasteiger partial charge in [0.1, 0.15) is 11.8 Å². The summed E-state index contributed by atoms with van der Waals surface area (Å²) in [6.07, 6.45) is 0. The van der Waals surface area contributed by atoms with Crippen molar-refractivity contribution in [2.45, 2.75) is 12.7 Å². The summed E-state index contributed by atoms with van der Waals surface area (Å²) in [5.41, 5.74) is 0.208. The predicted molar refractivity (Wildman–Crippen MR) is 64.3 cm³/mol. The molecule has 0 radical (unpaired) electrons. The fourth-order valence-electron chi connectivity index (χ4n) is 1.72. The number of hydrogen-bond acceptors (Lipinski definition) is 4. The molecule has 1 amide bonds. The number of alkyl halides is 2. The van der Waals surface area contributed by atoms with E-state index in [1.807, 2.05) is 0 Å². The smallest absolute Gasteiger partial charge is 0.387 e. The molecule has 104 valence electrons. The molecule has 7 heteroatoms.